The third-order valence-corrected chi connectivity index (χ3v) is 8.10. The predicted octanol–water partition coefficient (Wildman–Crippen LogP) is 6.29. The highest BCUT2D eigenvalue weighted by Gasteiger charge is 2.31. The molecule has 0 saturated carbocycles. The SMILES string of the molecule is COc1ccc2ncc(Cl)c(C(F)CCC3CCN(CCSc4ccccn4)CC3CC(=O)O)c2c1. The van der Waals surface area contributed by atoms with Gasteiger partial charge in [-0.25, -0.2) is 9.37 Å². The van der Waals surface area contributed by atoms with E-state index in [9.17, 15) is 9.90 Å². The molecule has 4 rings (SSSR count). The van der Waals surface area contributed by atoms with Gasteiger partial charge < -0.3 is 14.7 Å². The molecule has 192 valence electrons. The Morgan fingerprint density at radius 1 is 1.31 bits per heavy atom. The maximum atomic E-state index is 15.6. The van der Waals surface area contributed by atoms with Crippen molar-refractivity contribution in [2.45, 2.75) is 36.9 Å². The zero-order valence-corrected chi connectivity index (χ0v) is 21.8. The number of likely N-dealkylation sites (tertiary alicyclic amines) is 1. The van der Waals surface area contributed by atoms with Gasteiger partial charge in [0, 0.05) is 48.6 Å². The second kappa shape index (κ2) is 12.7. The number of methoxy groups -OCH3 is 1. The van der Waals surface area contributed by atoms with Crippen LogP contribution in [0.2, 0.25) is 5.02 Å². The fourth-order valence-electron chi connectivity index (χ4n) is 5.02. The Bertz CT molecular complexity index is 1170. The first-order chi connectivity index (χ1) is 17.4. The van der Waals surface area contributed by atoms with Gasteiger partial charge in [0.15, 0.2) is 0 Å². The van der Waals surface area contributed by atoms with Crippen LogP contribution in [0.1, 0.15) is 37.4 Å². The summed E-state index contributed by atoms with van der Waals surface area (Å²) in [5.41, 5.74) is 1.10. The maximum absolute atomic E-state index is 15.6. The number of nitrogens with zero attached hydrogens (tertiary/aromatic N) is 3. The maximum Gasteiger partial charge on any atom is 0.303 e. The van der Waals surface area contributed by atoms with Crippen molar-refractivity contribution in [3.63, 3.8) is 0 Å². The fourth-order valence-corrected chi connectivity index (χ4v) is 6.16. The Morgan fingerprint density at radius 2 is 2.17 bits per heavy atom. The molecule has 1 aliphatic rings. The number of aliphatic carboxylic acids is 1. The van der Waals surface area contributed by atoms with Crippen molar-refractivity contribution in [1.82, 2.24) is 14.9 Å². The molecule has 3 aromatic rings. The van der Waals surface area contributed by atoms with Crippen LogP contribution < -0.4 is 4.74 Å². The Labute approximate surface area is 220 Å². The van der Waals surface area contributed by atoms with E-state index in [1.54, 1.807) is 43.3 Å². The standard InChI is InChI=1S/C27H31ClFN3O3S/c1-35-20-6-8-24-21(15-20)27(22(28)16-31-24)23(29)7-5-18-9-11-32(17-19(18)14-26(33)34)12-13-36-25-4-2-3-10-30-25/h2-4,6,8,10,15-16,18-19,23H,5,7,9,11-14,17H2,1H3,(H,33,34). The molecule has 1 saturated heterocycles. The molecule has 0 bridgehead atoms. The van der Waals surface area contributed by atoms with E-state index in [0.29, 0.717) is 40.2 Å². The van der Waals surface area contributed by atoms with E-state index < -0.39 is 12.1 Å². The first-order valence-electron chi connectivity index (χ1n) is 12.2. The van der Waals surface area contributed by atoms with Gasteiger partial charge in [-0.3, -0.25) is 9.78 Å². The molecule has 0 aliphatic carbocycles. The second-order valence-corrected chi connectivity index (χ2v) is 10.7. The number of alkyl halides is 1. The lowest BCUT2D eigenvalue weighted by atomic mass is 9.79. The molecule has 6 nitrogen and oxygen atoms in total. The number of pyridine rings is 2. The van der Waals surface area contributed by atoms with Gasteiger partial charge in [-0.15, -0.1) is 11.8 Å². The number of rotatable bonds is 11. The van der Waals surface area contributed by atoms with Crippen LogP contribution in [0.3, 0.4) is 0 Å². The molecule has 0 amide bonds. The van der Waals surface area contributed by atoms with E-state index in [4.69, 9.17) is 16.3 Å². The highest BCUT2D eigenvalue weighted by atomic mass is 35.5. The van der Waals surface area contributed by atoms with Crippen LogP contribution in [0.25, 0.3) is 10.9 Å². The number of hydrogen-bond acceptors (Lipinski definition) is 6. The van der Waals surface area contributed by atoms with Crippen molar-refractivity contribution < 1.29 is 19.0 Å². The van der Waals surface area contributed by atoms with Crippen LogP contribution in [0.15, 0.2) is 53.8 Å². The van der Waals surface area contributed by atoms with Crippen molar-refractivity contribution in [2.24, 2.45) is 11.8 Å². The number of benzene rings is 1. The van der Waals surface area contributed by atoms with Gasteiger partial charge in [0.05, 0.1) is 22.7 Å². The van der Waals surface area contributed by atoms with Crippen LogP contribution in [-0.2, 0) is 4.79 Å². The van der Waals surface area contributed by atoms with E-state index >= 15 is 4.39 Å². The fraction of sp³-hybridized carbons (Fsp3) is 0.444. The summed E-state index contributed by atoms with van der Waals surface area (Å²) in [5.74, 6) is 0.857. The molecular weight excluding hydrogens is 501 g/mol. The largest absolute Gasteiger partial charge is 0.497 e. The lowest BCUT2D eigenvalue weighted by Gasteiger charge is -2.38. The highest BCUT2D eigenvalue weighted by molar-refractivity contribution is 7.99. The lowest BCUT2D eigenvalue weighted by molar-refractivity contribution is -0.139. The number of carboxylic acid groups (broad SMARTS) is 1. The van der Waals surface area contributed by atoms with Gasteiger partial charge in [-0.1, -0.05) is 17.7 Å². The minimum atomic E-state index is -1.27. The summed E-state index contributed by atoms with van der Waals surface area (Å²) < 4.78 is 20.9. The topological polar surface area (TPSA) is 75.5 Å². The number of thioether (sulfide) groups is 1. The van der Waals surface area contributed by atoms with Gasteiger partial charge in [-0.2, -0.15) is 0 Å². The highest BCUT2D eigenvalue weighted by Crippen LogP contribution is 2.39. The van der Waals surface area contributed by atoms with E-state index in [1.165, 1.54) is 6.20 Å². The lowest BCUT2D eigenvalue weighted by Crippen LogP contribution is -2.42. The van der Waals surface area contributed by atoms with Crippen LogP contribution in [0.4, 0.5) is 4.39 Å². The van der Waals surface area contributed by atoms with E-state index in [1.807, 2.05) is 18.2 Å². The van der Waals surface area contributed by atoms with Crippen LogP contribution in [0.5, 0.6) is 5.75 Å². The molecule has 1 fully saturated rings. The second-order valence-electron chi connectivity index (χ2n) is 9.17. The summed E-state index contributed by atoms with van der Waals surface area (Å²) in [6.45, 7) is 2.47. The molecule has 36 heavy (non-hydrogen) atoms. The third-order valence-electron chi connectivity index (χ3n) is 6.88. The van der Waals surface area contributed by atoms with Crippen molar-refractivity contribution >= 4 is 40.2 Å². The summed E-state index contributed by atoms with van der Waals surface area (Å²) >= 11 is 8.09. The van der Waals surface area contributed by atoms with E-state index in [0.717, 1.165) is 30.3 Å². The average Bonchev–Trinajstić information content (AvgIpc) is 2.88. The molecular formula is C27H31ClFN3O3S. The molecule has 3 unspecified atom stereocenters. The molecule has 2 aromatic heterocycles. The smallest absolute Gasteiger partial charge is 0.303 e. The van der Waals surface area contributed by atoms with Gasteiger partial charge >= 0.3 is 5.97 Å². The molecule has 0 radical (unpaired) electrons. The quantitative estimate of drug-likeness (QED) is 0.291. The zero-order valence-electron chi connectivity index (χ0n) is 20.3. The van der Waals surface area contributed by atoms with Crippen molar-refractivity contribution in [2.75, 3.05) is 32.5 Å². The van der Waals surface area contributed by atoms with Crippen LogP contribution in [-0.4, -0.2) is 58.4 Å². The summed E-state index contributed by atoms with van der Waals surface area (Å²) in [7, 11) is 1.57. The minimum Gasteiger partial charge on any atom is -0.497 e. The first-order valence-corrected chi connectivity index (χ1v) is 13.5. The average molecular weight is 532 g/mol. The summed E-state index contributed by atoms with van der Waals surface area (Å²) in [4.78, 5) is 22.6. The number of halogens is 2. The molecule has 1 aromatic carbocycles. The third kappa shape index (κ3) is 6.87. The molecule has 3 heterocycles. The number of fused-ring (bicyclic) bond motifs is 1. The Kier molecular flexibility index (Phi) is 9.40. The molecule has 1 aliphatic heterocycles. The Hall–Kier alpha value is -2.42. The number of ether oxygens (including phenoxy) is 1. The van der Waals surface area contributed by atoms with E-state index in [2.05, 4.69) is 14.9 Å². The summed E-state index contributed by atoms with van der Waals surface area (Å²) in [6.07, 6.45) is 3.86. The number of carboxylic acids is 1. The first kappa shape index (κ1) is 26.6. The summed E-state index contributed by atoms with van der Waals surface area (Å²) in [6, 6.07) is 11.2. The van der Waals surface area contributed by atoms with Gasteiger partial charge in [0.2, 0.25) is 0 Å². The number of hydrogen-bond donors (Lipinski definition) is 1. The summed E-state index contributed by atoms with van der Waals surface area (Å²) in [5, 5.41) is 11.4. The molecule has 0 spiro atoms. The van der Waals surface area contributed by atoms with Crippen LogP contribution >= 0.6 is 23.4 Å². The Morgan fingerprint density at radius 3 is 2.92 bits per heavy atom. The van der Waals surface area contributed by atoms with Crippen LogP contribution in [0, 0.1) is 11.8 Å². The number of carbonyl (C=O) groups is 1. The van der Waals surface area contributed by atoms with Crippen molar-refractivity contribution in [3.05, 3.63) is 59.4 Å². The van der Waals surface area contributed by atoms with E-state index in [-0.39, 0.29) is 24.7 Å². The normalized spacial score (nSPS) is 19.3. The number of piperidine rings is 1. The Balaban J connectivity index is 1.38. The number of aromatic nitrogens is 2. The van der Waals surface area contributed by atoms with Gasteiger partial charge in [0.1, 0.15) is 11.9 Å². The van der Waals surface area contributed by atoms with Gasteiger partial charge in [-0.05, 0) is 68.0 Å². The molecule has 9 heteroatoms. The monoisotopic (exact) mass is 531 g/mol. The predicted molar refractivity (Wildman–Crippen MR) is 142 cm³/mol. The van der Waals surface area contributed by atoms with Gasteiger partial charge in [0.25, 0.3) is 0 Å². The zero-order chi connectivity index (χ0) is 25.5. The van der Waals surface area contributed by atoms with Crippen molar-refractivity contribution in [3.8, 4) is 5.75 Å². The minimum absolute atomic E-state index is 0.00643. The van der Waals surface area contributed by atoms with Crippen molar-refractivity contribution in [1.29, 1.82) is 0 Å². The molecule has 1 N–H and O–H groups in total. The molecule has 3 atom stereocenters.